The van der Waals surface area contributed by atoms with Crippen molar-refractivity contribution in [2.45, 2.75) is 13.3 Å². The molecule has 0 aliphatic rings. The van der Waals surface area contributed by atoms with Crippen LogP contribution in [0.5, 0.6) is 11.5 Å². The standard InChI is InChI=1S/C15H16ClNO/c1-11-6-7-14(12(10-11)8-9-17)18-15-5-3-2-4-13(15)16/h2-7,10H,8-9,17H2,1H3. The molecule has 2 nitrogen and oxygen atoms in total. The normalized spacial score (nSPS) is 10.4. The Bertz CT molecular complexity index is 540. The van der Waals surface area contributed by atoms with Gasteiger partial charge in [0.15, 0.2) is 0 Å². The van der Waals surface area contributed by atoms with Crippen LogP contribution in [-0.4, -0.2) is 6.54 Å². The molecular formula is C15H16ClNO. The van der Waals surface area contributed by atoms with Crippen LogP contribution in [0.4, 0.5) is 0 Å². The van der Waals surface area contributed by atoms with E-state index in [1.807, 2.05) is 36.4 Å². The van der Waals surface area contributed by atoms with Gasteiger partial charge in [-0.1, -0.05) is 41.4 Å². The Morgan fingerprint density at radius 1 is 1.11 bits per heavy atom. The largest absolute Gasteiger partial charge is 0.456 e. The highest BCUT2D eigenvalue weighted by Gasteiger charge is 2.07. The molecule has 94 valence electrons. The van der Waals surface area contributed by atoms with Crippen LogP contribution in [0.25, 0.3) is 0 Å². The molecule has 0 bridgehead atoms. The van der Waals surface area contributed by atoms with E-state index in [-0.39, 0.29) is 0 Å². The monoisotopic (exact) mass is 261 g/mol. The van der Waals surface area contributed by atoms with Gasteiger partial charge in [0.1, 0.15) is 11.5 Å². The Kier molecular flexibility index (Phi) is 4.24. The maximum absolute atomic E-state index is 6.09. The van der Waals surface area contributed by atoms with Crippen molar-refractivity contribution < 1.29 is 4.74 Å². The number of benzene rings is 2. The van der Waals surface area contributed by atoms with Crippen molar-refractivity contribution in [2.75, 3.05) is 6.54 Å². The summed E-state index contributed by atoms with van der Waals surface area (Å²) in [6, 6.07) is 13.5. The van der Waals surface area contributed by atoms with Crippen molar-refractivity contribution in [1.29, 1.82) is 0 Å². The SMILES string of the molecule is Cc1ccc(Oc2ccccc2Cl)c(CCN)c1. The van der Waals surface area contributed by atoms with Gasteiger partial charge in [0, 0.05) is 0 Å². The lowest BCUT2D eigenvalue weighted by Crippen LogP contribution is -2.04. The predicted octanol–water partition coefficient (Wildman–Crippen LogP) is 3.94. The van der Waals surface area contributed by atoms with E-state index in [1.165, 1.54) is 5.56 Å². The molecule has 0 atom stereocenters. The van der Waals surface area contributed by atoms with E-state index in [1.54, 1.807) is 0 Å². The second kappa shape index (κ2) is 5.89. The van der Waals surface area contributed by atoms with E-state index in [4.69, 9.17) is 22.1 Å². The van der Waals surface area contributed by atoms with Crippen molar-refractivity contribution in [3.05, 3.63) is 58.6 Å². The van der Waals surface area contributed by atoms with Crippen LogP contribution in [0.1, 0.15) is 11.1 Å². The zero-order valence-electron chi connectivity index (χ0n) is 10.3. The van der Waals surface area contributed by atoms with Crippen LogP contribution in [0.3, 0.4) is 0 Å². The Morgan fingerprint density at radius 3 is 2.61 bits per heavy atom. The second-order valence-corrected chi connectivity index (χ2v) is 4.59. The number of hydrogen-bond acceptors (Lipinski definition) is 2. The molecule has 0 heterocycles. The van der Waals surface area contributed by atoms with Gasteiger partial charge in [0.2, 0.25) is 0 Å². The molecule has 0 spiro atoms. The zero-order chi connectivity index (χ0) is 13.0. The van der Waals surface area contributed by atoms with Crippen molar-refractivity contribution in [3.8, 4) is 11.5 Å². The highest BCUT2D eigenvalue weighted by Crippen LogP contribution is 2.31. The molecular weight excluding hydrogens is 246 g/mol. The fourth-order valence-corrected chi connectivity index (χ4v) is 1.98. The first-order chi connectivity index (χ1) is 8.70. The van der Waals surface area contributed by atoms with Crippen LogP contribution in [-0.2, 0) is 6.42 Å². The molecule has 0 aliphatic heterocycles. The third-order valence-electron chi connectivity index (χ3n) is 2.69. The summed E-state index contributed by atoms with van der Waals surface area (Å²) < 4.78 is 5.86. The quantitative estimate of drug-likeness (QED) is 0.905. The lowest BCUT2D eigenvalue weighted by atomic mass is 10.1. The van der Waals surface area contributed by atoms with E-state index in [2.05, 4.69) is 13.0 Å². The van der Waals surface area contributed by atoms with Gasteiger partial charge >= 0.3 is 0 Å². The average molecular weight is 262 g/mol. The first-order valence-corrected chi connectivity index (χ1v) is 6.30. The summed E-state index contributed by atoms with van der Waals surface area (Å²) in [7, 11) is 0. The van der Waals surface area contributed by atoms with E-state index in [9.17, 15) is 0 Å². The minimum atomic E-state index is 0.600. The lowest BCUT2D eigenvalue weighted by Gasteiger charge is -2.12. The molecule has 0 aromatic heterocycles. The van der Waals surface area contributed by atoms with E-state index < -0.39 is 0 Å². The summed E-state index contributed by atoms with van der Waals surface area (Å²) in [5.41, 5.74) is 7.93. The number of aryl methyl sites for hydroxylation is 1. The van der Waals surface area contributed by atoms with Crippen LogP contribution in [0.2, 0.25) is 5.02 Å². The molecule has 3 heteroatoms. The number of hydrogen-bond donors (Lipinski definition) is 1. The van der Waals surface area contributed by atoms with Gasteiger partial charge in [-0.15, -0.1) is 0 Å². The molecule has 18 heavy (non-hydrogen) atoms. The fourth-order valence-electron chi connectivity index (χ4n) is 1.80. The van der Waals surface area contributed by atoms with Gasteiger partial charge in [0.25, 0.3) is 0 Å². The fraction of sp³-hybridized carbons (Fsp3) is 0.200. The zero-order valence-corrected chi connectivity index (χ0v) is 11.1. The first kappa shape index (κ1) is 12.9. The Balaban J connectivity index is 2.31. The maximum Gasteiger partial charge on any atom is 0.146 e. The molecule has 2 rings (SSSR count). The number of halogens is 1. The van der Waals surface area contributed by atoms with E-state index >= 15 is 0 Å². The van der Waals surface area contributed by atoms with Gasteiger partial charge in [-0.3, -0.25) is 0 Å². The Labute approximate surface area is 112 Å². The topological polar surface area (TPSA) is 35.2 Å². The summed E-state index contributed by atoms with van der Waals surface area (Å²) in [4.78, 5) is 0. The molecule has 2 aromatic rings. The number of para-hydroxylation sites is 1. The van der Waals surface area contributed by atoms with Crippen LogP contribution in [0, 0.1) is 6.92 Å². The van der Waals surface area contributed by atoms with Gasteiger partial charge in [-0.2, -0.15) is 0 Å². The Morgan fingerprint density at radius 2 is 1.89 bits per heavy atom. The molecule has 0 fully saturated rings. The summed E-state index contributed by atoms with van der Waals surface area (Å²) in [6.07, 6.45) is 0.793. The third-order valence-corrected chi connectivity index (χ3v) is 3.00. The predicted molar refractivity (Wildman–Crippen MR) is 75.5 cm³/mol. The molecule has 0 aliphatic carbocycles. The minimum absolute atomic E-state index is 0.600. The smallest absolute Gasteiger partial charge is 0.146 e. The molecule has 0 radical (unpaired) electrons. The maximum atomic E-state index is 6.09. The highest BCUT2D eigenvalue weighted by molar-refractivity contribution is 6.32. The van der Waals surface area contributed by atoms with Crippen molar-refractivity contribution >= 4 is 11.6 Å². The first-order valence-electron chi connectivity index (χ1n) is 5.92. The summed E-state index contributed by atoms with van der Waals surface area (Å²) in [5.74, 6) is 1.49. The number of ether oxygens (including phenoxy) is 1. The second-order valence-electron chi connectivity index (χ2n) is 4.18. The van der Waals surface area contributed by atoms with Crippen LogP contribution in [0.15, 0.2) is 42.5 Å². The van der Waals surface area contributed by atoms with Crippen LogP contribution >= 0.6 is 11.6 Å². The Hall–Kier alpha value is -1.51. The lowest BCUT2D eigenvalue weighted by molar-refractivity contribution is 0.476. The molecule has 0 saturated carbocycles. The van der Waals surface area contributed by atoms with E-state index in [0.29, 0.717) is 17.3 Å². The molecule has 2 N–H and O–H groups in total. The van der Waals surface area contributed by atoms with Crippen LogP contribution < -0.4 is 10.5 Å². The molecule has 0 unspecified atom stereocenters. The molecule has 2 aromatic carbocycles. The molecule has 0 saturated heterocycles. The number of rotatable bonds is 4. The van der Waals surface area contributed by atoms with Crippen molar-refractivity contribution in [2.24, 2.45) is 5.73 Å². The number of nitrogens with two attached hydrogens (primary N) is 1. The summed E-state index contributed by atoms with van der Waals surface area (Å²) in [6.45, 7) is 2.65. The van der Waals surface area contributed by atoms with Gasteiger partial charge in [0.05, 0.1) is 5.02 Å². The summed E-state index contributed by atoms with van der Waals surface area (Å²) >= 11 is 6.09. The van der Waals surface area contributed by atoms with Gasteiger partial charge in [-0.05, 0) is 43.7 Å². The molecule has 0 amide bonds. The van der Waals surface area contributed by atoms with E-state index in [0.717, 1.165) is 17.7 Å². The van der Waals surface area contributed by atoms with Crippen molar-refractivity contribution in [3.63, 3.8) is 0 Å². The minimum Gasteiger partial charge on any atom is -0.456 e. The van der Waals surface area contributed by atoms with Gasteiger partial charge in [-0.25, -0.2) is 0 Å². The average Bonchev–Trinajstić information content (AvgIpc) is 2.35. The highest BCUT2D eigenvalue weighted by atomic mass is 35.5. The van der Waals surface area contributed by atoms with Crippen molar-refractivity contribution in [1.82, 2.24) is 0 Å². The van der Waals surface area contributed by atoms with Gasteiger partial charge < -0.3 is 10.5 Å². The summed E-state index contributed by atoms with van der Waals surface area (Å²) in [5, 5.41) is 0.608. The third kappa shape index (κ3) is 3.03.